The lowest BCUT2D eigenvalue weighted by Crippen LogP contribution is -2.49. The fourth-order valence-corrected chi connectivity index (χ4v) is 1.29. The third-order valence-corrected chi connectivity index (χ3v) is 2.07. The van der Waals surface area contributed by atoms with Crippen molar-refractivity contribution in [3.8, 4) is 0 Å². The maximum atomic E-state index is 9.45. The first-order valence-electron chi connectivity index (χ1n) is 3.72. The van der Waals surface area contributed by atoms with E-state index in [1.807, 2.05) is 14.0 Å². The summed E-state index contributed by atoms with van der Waals surface area (Å²) in [7, 11) is 1.87. The van der Waals surface area contributed by atoms with Gasteiger partial charge in [-0.05, 0) is 20.4 Å². The van der Waals surface area contributed by atoms with Gasteiger partial charge in [-0.1, -0.05) is 0 Å². The Morgan fingerprint density at radius 2 is 2.30 bits per heavy atom. The van der Waals surface area contributed by atoms with Gasteiger partial charge in [0, 0.05) is 12.6 Å². The lowest BCUT2D eigenvalue weighted by molar-refractivity contribution is -0.0800. The number of nitrogens with one attached hydrogen (secondary N) is 1. The molecule has 1 fully saturated rings. The Hall–Kier alpha value is -0.120. The van der Waals surface area contributed by atoms with Crippen LogP contribution >= 0.6 is 0 Å². The summed E-state index contributed by atoms with van der Waals surface area (Å²) >= 11 is 0. The molecule has 3 unspecified atom stereocenters. The standard InChI is InChI=1S/C7H15NO2/c1-5-7(9)6(8-2)3-4-10-5/h5-9H,3-4H2,1-2H3. The summed E-state index contributed by atoms with van der Waals surface area (Å²) in [6.07, 6.45) is 0.534. The van der Waals surface area contributed by atoms with E-state index in [1.165, 1.54) is 0 Å². The normalized spacial score (nSPS) is 41.7. The molecule has 0 amide bonds. The van der Waals surface area contributed by atoms with Crippen molar-refractivity contribution in [2.75, 3.05) is 13.7 Å². The smallest absolute Gasteiger partial charge is 0.0952 e. The van der Waals surface area contributed by atoms with Gasteiger partial charge in [0.15, 0.2) is 0 Å². The fraction of sp³-hybridized carbons (Fsp3) is 1.00. The van der Waals surface area contributed by atoms with E-state index in [-0.39, 0.29) is 18.2 Å². The first-order chi connectivity index (χ1) is 4.75. The molecule has 0 aromatic rings. The van der Waals surface area contributed by atoms with Crippen molar-refractivity contribution in [3.63, 3.8) is 0 Å². The molecule has 60 valence electrons. The zero-order valence-corrected chi connectivity index (χ0v) is 6.50. The van der Waals surface area contributed by atoms with E-state index in [9.17, 15) is 5.11 Å². The van der Waals surface area contributed by atoms with E-state index in [1.54, 1.807) is 0 Å². The number of hydrogen-bond donors (Lipinski definition) is 2. The highest BCUT2D eigenvalue weighted by atomic mass is 16.5. The maximum Gasteiger partial charge on any atom is 0.0952 e. The Morgan fingerprint density at radius 3 is 2.80 bits per heavy atom. The van der Waals surface area contributed by atoms with Crippen LogP contribution in [0.3, 0.4) is 0 Å². The molecular formula is C7H15NO2. The number of ether oxygens (including phenoxy) is 1. The second-order valence-corrected chi connectivity index (χ2v) is 2.75. The van der Waals surface area contributed by atoms with Crippen LogP contribution in [0.2, 0.25) is 0 Å². The van der Waals surface area contributed by atoms with Gasteiger partial charge in [-0.25, -0.2) is 0 Å². The summed E-state index contributed by atoms with van der Waals surface area (Å²) in [6.45, 7) is 2.65. The summed E-state index contributed by atoms with van der Waals surface area (Å²) in [5.74, 6) is 0. The summed E-state index contributed by atoms with van der Waals surface area (Å²) < 4.78 is 5.23. The summed E-state index contributed by atoms with van der Waals surface area (Å²) in [5.41, 5.74) is 0. The second-order valence-electron chi connectivity index (χ2n) is 2.75. The van der Waals surface area contributed by atoms with Gasteiger partial charge in [-0.15, -0.1) is 0 Å². The third-order valence-electron chi connectivity index (χ3n) is 2.07. The van der Waals surface area contributed by atoms with Gasteiger partial charge in [0.2, 0.25) is 0 Å². The van der Waals surface area contributed by atoms with Gasteiger partial charge in [0.1, 0.15) is 0 Å². The van der Waals surface area contributed by atoms with Crippen molar-refractivity contribution >= 4 is 0 Å². The first kappa shape index (κ1) is 7.98. The van der Waals surface area contributed by atoms with Crippen molar-refractivity contribution in [2.45, 2.75) is 31.6 Å². The monoisotopic (exact) mass is 145 g/mol. The second kappa shape index (κ2) is 3.32. The quantitative estimate of drug-likeness (QED) is 0.534. The Labute approximate surface area is 61.4 Å². The molecular weight excluding hydrogens is 130 g/mol. The number of aliphatic hydroxyl groups is 1. The molecule has 1 aliphatic rings. The topological polar surface area (TPSA) is 41.5 Å². The summed E-state index contributed by atoms with van der Waals surface area (Å²) in [5, 5.41) is 12.5. The molecule has 0 aromatic heterocycles. The molecule has 3 atom stereocenters. The molecule has 10 heavy (non-hydrogen) atoms. The largest absolute Gasteiger partial charge is 0.389 e. The van der Waals surface area contributed by atoms with Crippen LogP contribution in [0.1, 0.15) is 13.3 Å². The fourth-order valence-electron chi connectivity index (χ4n) is 1.29. The molecule has 3 nitrogen and oxygen atoms in total. The van der Waals surface area contributed by atoms with Gasteiger partial charge in [-0.3, -0.25) is 0 Å². The van der Waals surface area contributed by atoms with Gasteiger partial charge >= 0.3 is 0 Å². The van der Waals surface area contributed by atoms with Crippen LogP contribution in [0.4, 0.5) is 0 Å². The highest BCUT2D eigenvalue weighted by Crippen LogP contribution is 2.13. The zero-order chi connectivity index (χ0) is 7.56. The lowest BCUT2D eigenvalue weighted by Gasteiger charge is -2.32. The molecule has 0 aromatic carbocycles. The molecule has 2 N–H and O–H groups in total. The molecule has 0 bridgehead atoms. The molecule has 1 saturated heterocycles. The molecule has 0 saturated carbocycles. The molecule has 1 heterocycles. The first-order valence-corrected chi connectivity index (χ1v) is 3.72. The van der Waals surface area contributed by atoms with Crippen molar-refractivity contribution in [1.82, 2.24) is 5.32 Å². The highest BCUT2D eigenvalue weighted by Gasteiger charge is 2.27. The minimum atomic E-state index is -0.348. The summed E-state index contributed by atoms with van der Waals surface area (Å²) in [4.78, 5) is 0. The Morgan fingerprint density at radius 1 is 1.60 bits per heavy atom. The predicted molar refractivity (Wildman–Crippen MR) is 38.9 cm³/mol. The van der Waals surface area contributed by atoms with Crippen LogP contribution in [-0.4, -0.2) is 37.0 Å². The molecule has 3 heteroatoms. The van der Waals surface area contributed by atoms with Crippen LogP contribution < -0.4 is 5.32 Å². The van der Waals surface area contributed by atoms with E-state index in [4.69, 9.17) is 4.74 Å². The van der Waals surface area contributed by atoms with Crippen LogP contribution in [0.15, 0.2) is 0 Å². The van der Waals surface area contributed by atoms with Crippen LogP contribution in [0.5, 0.6) is 0 Å². The Balaban J connectivity index is 2.42. The average Bonchev–Trinajstić information content (AvgIpc) is 1.95. The predicted octanol–water partition coefficient (Wildman–Crippen LogP) is -0.256. The van der Waals surface area contributed by atoms with Crippen LogP contribution in [0, 0.1) is 0 Å². The molecule has 0 aliphatic carbocycles. The van der Waals surface area contributed by atoms with Crippen molar-refractivity contribution < 1.29 is 9.84 Å². The lowest BCUT2D eigenvalue weighted by atomic mass is 10.0. The number of aliphatic hydroxyl groups excluding tert-OH is 1. The minimum absolute atomic E-state index is 0.0220. The number of rotatable bonds is 1. The van der Waals surface area contributed by atoms with Crippen molar-refractivity contribution in [1.29, 1.82) is 0 Å². The van der Waals surface area contributed by atoms with Gasteiger partial charge < -0.3 is 15.2 Å². The van der Waals surface area contributed by atoms with Crippen molar-refractivity contribution in [3.05, 3.63) is 0 Å². The van der Waals surface area contributed by atoms with Gasteiger partial charge in [-0.2, -0.15) is 0 Å². The molecule has 0 spiro atoms. The summed E-state index contributed by atoms with van der Waals surface area (Å²) in [6, 6.07) is 0.212. The van der Waals surface area contributed by atoms with Crippen LogP contribution in [0.25, 0.3) is 0 Å². The van der Waals surface area contributed by atoms with E-state index in [2.05, 4.69) is 5.32 Å². The van der Waals surface area contributed by atoms with Gasteiger partial charge in [0.25, 0.3) is 0 Å². The Bertz CT molecular complexity index is 108. The van der Waals surface area contributed by atoms with Crippen LogP contribution in [-0.2, 0) is 4.74 Å². The van der Waals surface area contributed by atoms with Gasteiger partial charge in [0.05, 0.1) is 12.2 Å². The number of likely N-dealkylation sites (N-methyl/N-ethyl adjacent to an activating group) is 1. The van der Waals surface area contributed by atoms with E-state index in [0.29, 0.717) is 0 Å². The number of hydrogen-bond acceptors (Lipinski definition) is 3. The minimum Gasteiger partial charge on any atom is -0.389 e. The maximum absolute atomic E-state index is 9.45. The molecule has 1 rings (SSSR count). The Kier molecular flexibility index (Phi) is 2.65. The molecule has 0 radical (unpaired) electrons. The molecule has 1 aliphatic heterocycles. The SMILES string of the molecule is CNC1CCOC(C)C1O. The van der Waals surface area contributed by atoms with E-state index < -0.39 is 0 Å². The van der Waals surface area contributed by atoms with E-state index >= 15 is 0 Å². The third kappa shape index (κ3) is 1.48. The average molecular weight is 145 g/mol. The van der Waals surface area contributed by atoms with Crippen molar-refractivity contribution in [2.24, 2.45) is 0 Å². The van der Waals surface area contributed by atoms with E-state index in [0.717, 1.165) is 13.0 Å². The highest BCUT2D eigenvalue weighted by molar-refractivity contribution is 4.82. The zero-order valence-electron chi connectivity index (χ0n) is 6.50.